The van der Waals surface area contributed by atoms with Crippen molar-refractivity contribution < 1.29 is 14.3 Å². The van der Waals surface area contributed by atoms with Gasteiger partial charge >= 0.3 is 0 Å². The summed E-state index contributed by atoms with van der Waals surface area (Å²) in [4.78, 5) is 24.4. The van der Waals surface area contributed by atoms with Crippen LogP contribution in [0.2, 0.25) is 5.02 Å². The Morgan fingerprint density at radius 1 is 0.926 bits per heavy atom. The van der Waals surface area contributed by atoms with E-state index in [2.05, 4.69) is 5.32 Å². The maximum absolute atomic E-state index is 12.4. The van der Waals surface area contributed by atoms with E-state index in [1.165, 1.54) is 0 Å². The summed E-state index contributed by atoms with van der Waals surface area (Å²) in [6.07, 6.45) is 0. The summed E-state index contributed by atoms with van der Waals surface area (Å²) in [5.74, 6) is 0.159. The van der Waals surface area contributed by atoms with Gasteiger partial charge in [-0.1, -0.05) is 48.0 Å². The minimum atomic E-state index is -0.292. The number of ether oxygens (including phenoxy) is 1. The van der Waals surface area contributed by atoms with E-state index in [-0.39, 0.29) is 18.3 Å². The number of anilines is 1. The molecule has 27 heavy (non-hydrogen) atoms. The van der Waals surface area contributed by atoms with Gasteiger partial charge in [-0.3, -0.25) is 9.59 Å². The molecule has 0 saturated heterocycles. The molecule has 0 aliphatic carbocycles. The maximum atomic E-state index is 12.4. The molecule has 0 heterocycles. The number of ketones is 1. The Morgan fingerprint density at radius 3 is 2.26 bits per heavy atom. The fraction of sp³-hybridized carbons (Fsp3) is 0.0909. The molecule has 0 spiro atoms. The first-order chi connectivity index (χ1) is 13.0. The second-order valence-corrected chi connectivity index (χ2v) is 6.43. The van der Waals surface area contributed by atoms with Gasteiger partial charge in [-0.25, -0.2) is 0 Å². The lowest BCUT2D eigenvalue weighted by molar-refractivity contribution is -0.118. The third-order valence-electron chi connectivity index (χ3n) is 3.98. The minimum Gasteiger partial charge on any atom is -0.484 e. The van der Waals surface area contributed by atoms with Crippen LogP contribution in [0.25, 0.3) is 0 Å². The number of amides is 1. The molecular formula is C22H18ClNO3. The second-order valence-electron chi connectivity index (χ2n) is 6.02. The first kappa shape index (κ1) is 18.7. The van der Waals surface area contributed by atoms with Gasteiger partial charge in [0, 0.05) is 21.8 Å². The molecule has 0 aliphatic rings. The smallest absolute Gasteiger partial charge is 0.262 e. The second kappa shape index (κ2) is 8.52. The number of benzene rings is 3. The standard InChI is InChI=1S/C22H18ClNO3/c1-15-7-10-18(13-20(15)23)24-21(25)14-27-19-11-8-17(9-12-19)22(26)16-5-3-2-4-6-16/h2-13H,14H2,1H3,(H,24,25). The Labute approximate surface area is 162 Å². The lowest BCUT2D eigenvalue weighted by Gasteiger charge is -2.09. The zero-order valence-corrected chi connectivity index (χ0v) is 15.5. The molecule has 0 saturated carbocycles. The van der Waals surface area contributed by atoms with Crippen molar-refractivity contribution in [2.75, 3.05) is 11.9 Å². The first-order valence-electron chi connectivity index (χ1n) is 8.41. The molecule has 5 heteroatoms. The van der Waals surface area contributed by atoms with Gasteiger partial charge in [0.05, 0.1) is 0 Å². The van der Waals surface area contributed by atoms with Gasteiger partial charge in [0.1, 0.15) is 5.75 Å². The van der Waals surface area contributed by atoms with Crippen LogP contribution in [-0.4, -0.2) is 18.3 Å². The Kier molecular flexibility index (Phi) is 5.89. The molecule has 3 rings (SSSR count). The number of rotatable bonds is 6. The summed E-state index contributed by atoms with van der Waals surface area (Å²) in [6.45, 7) is 1.75. The zero-order valence-electron chi connectivity index (χ0n) is 14.7. The number of hydrogen-bond acceptors (Lipinski definition) is 3. The van der Waals surface area contributed by atoms with Crippen molar-refractivity contribution in [1.29, 1.82) is 0 Å². The summed E-state index contributed by atoms with van der Waals surface area (Å²) in [7, 11) is 0. The van der Waals surface area contributed by atoms with Gasteiger partial charge in [-0.05, 0) is 48.9 Å². The SMILES string of the molecule is Cc1ccc(NC(=O)COc2ccc(C(=O)c3ccccc3)cc2)cc1Cl. The Hall–Kier alpha value is -3.11. The molecule has 0 bridgehead atoms. The topological polar surface area (TPSA) is 55.4 Å². The summed E-state index contributed by atoms with van der Waals surface area (Å²) < 4.78 is 5.48. The molecule has 0 radical (unpaired) electrons. The maximum Gasteiger partial charge on any atom is 0.262 e. The number of aryl methyl sites for hydroxylation is 1. The molecule has 0 unspecified atom stereocenters. The van der Waals surface area contributed by atoms with E-state index < -0.39 is 0 Å². The van der Waals surface area contributed by atoms with Crippen molar-refractivity contribution >= 4 is 29.0 Å². The Balaban J connectivity index is 1.56. The number of carbonyl (C=O) groups excluding carboxylic acids is 2. The Bertz CT molecular complexity index is 953. The number of hydrogen-bond donors (Lipinski definition) is 1. The zero-order chi connectivity index (χ0) is 19.2. The van der Waals surface area contributed by atoms with Crippen molar-refractivity contribution in [2.45, 2.75) is 6.92 Å². The lowest BCUT2D eigenvalue weighted by Crippen LogP contribution is -2.20. The van der Waals surface area contributed by atoms with Gasteiger partial charge in [0.15, 0.2) is 12.4 Å². The fourth-order valence-electron chi connectivity index (χ4n) is 2.48. The summed E-state index contributed by atoms with van der Waals surface area (Å²) in [5.41, 5.74) is 2.74. The molecule has 3 aromatic carbocycles. The van der Waals surface area contributed by atoms with Crippen LogP contribution in [0.4, 0.5) is 5.69 Å². The van der Waals surface area contributed by atoms with Crippen molar-refractivity contribution in [3.05, 3.63) is 94.5 Å². The number of nitrogens with one attached hydrogen (secondary N) is 1. The molecule has 0 fully saturated rings. The van der Waals surface area contributed by atoms with Crippen molar-refractivity contribution in [1.82, 2.24) is 0 Å². The van der Waals surface area contributed by atoms with E-state index in [1.807, 2.05) is 31.2 Å². The molecular weight excluding hydrogens is 362 g/mol. The Morgan fingerprint density at radius 2 is 1.59 bits per heavy atom. The molecule has 4 nitrogen and oxygen atoms in total. The van der Waals surface area contributed by atoms with E-state index in [0.29, 0.717) is 27.6 Å². The highest BCUT2D eigenvalue weighted by Gasteiger charge is 2.09. The van der Waals surface area contributed by atoms with Crippen molar-refractivity contribution in [2.24, 2.45) is 0 Å². The van der Waals surface area contributed by atoms with Crippen LogP contribution in [0, 0.1) is 6.92 Å². The van der Waals surface area contributed by atoms with Crippen LogP contribution in [-0.2, 0) is 4.79 Å². The molecule has 1 N–H and O–H groups in total. The van der Waals surface area contributed by atoms with Gasteiger partial charge in [0.2, 0.25) is 0 Å². The fourth-order valence-corrected chi connectivity index (χ4v) is 2.66. The van der Waals surface area contributed by atoms with Crippen LogP contribution >= 0.6 is 11.6 Å². The van der Waals surface area contributed by atoms with E-state index in [1.54, 1.807) is 48.5 Å². The van der Waals surface area contributed by atoms with E-state index in [0.717, 1.165) is 5.56 Å². The first-order valence-corrected chi connectivity index (χ1v) is 8.79. The summed E-state index contributed by atoms with van der Waals surface area (Å²) >= 11 is 6.04. The monoisotopic (exact) mass is 379 g/mol. The largest absolute Gasteiger partial charge is 0.484 e. The van der Waals surface area contributed by atoms with Gasteiger partial charge < -0.3 is 10.1 Å². The average Bonchev–Trinajstić information content (AvgIpc) is 2.70. The van der Waals surface area contributed by atoms with Crippen LogP contribution in [0.15, 0.2) is 72.8 Å². The van der Waals surface area contributed by atoms with Crippen LogP contribution < -0.4 is 10.1 Å². The molecule has 3 aromatic rings. The van der Waals surface area contributed by atoms with Gasteiger partial charge in [-0.2, -0.15) is 0 Å². The minimum absolute atomic E-state index is 0.0591. The quantitative estimate of drug-likeness (QED) is 0.620. The highest BCUT2D eigenvalue weighted by molar-refractivity contribution is 6.31. The molecule has 0 aliphatic heterocycles. The third-order valence-corrected chi connectivity index (χ3v) is 4.39. The predicted molar refractivity (Wildman–Crippen MR) is 107 cm³/mol. The highest BCUT2D eigenvalue weighted by Crippen LogP contribution is 2.20. The van der Waals surface area contributed by atoms with E-state index in [9.17, 15) is 9.59 Å². The van der Waals surface area contributed by atoms with Gasteiger partial charge in [-0.15, -0.1) is 0 Å². The summed E-state index contributed by atoms with van der Waals surface area (Å²) in [5, 5.41) is 3.32. The molecule has 1 amide bonds. The van der Waals surface area contributed by atoms with Crippen LogP contribution in [0.1, 0.15) is 21.5 Å². The van der Waals surface area contributed by atoms with Crippen molar-refractivity contribution in [3.8, 4) is 5.75 Å². The van der Waals surface area contributed by atoms with Crippen LogP contribution in [0.5, 0.6) is 5.75 Å². The lowest BCUT2D eigenvalue weighted by atomic mass is 10.0. The molecule has 0 aromatic heterocycles. The number of carbonyl (C=O) groups is 2. The predicted octanol–water partition coefficient (Wildman–Crippen LogP) is 4.90. The normalized spacial score (nSPS) is 10.3. The van der Waals surface area contributed by atoms with Crippen LogP contribution in [0.3, 0.4) is 0 Å². The average molecular weight is 380 g/mol. The van der Waals surface area contributed by atoms with E-state index in [4.69, 9.17) is 16.3 Å². The van der Waals surface area contributed by atoms with Crippen molar-refractivity contribution in [3.63, 3.8) is 0 Å². The highest BCUT2D eigenvalue weighted by atomic mass is 35.5. The summed E-state index contributed by atoms with van der Waals surface area (Å²) in [6, 6.07) is 21.1. The third kappa shape index (κ3) is 4.96. The van der Waals surface area contributed by atoms with E-state index >= 15 is 0 Å². The van der Waals surface area contributed by atoms with Gasteiger partial charge in [0.25, 0.3) is 5.91 Å². The number of halogens is 1. The molecule has 0 atom stereocenters. The molecule has 136 valence electrons.